The van der Waals surface area contributed by atoms with Gasteiger partial charge in [0.2, 0.25) is 0 Å². The van der Waals surface area contributed by atoms with Gasteiger partial charge in [-0.1, -0.05) is 17.7 Å². The molecule has 0 aliphatic heterocycles. The minimum absolute atomic E-state index is 0.296. The first kappa shape index (κ1) is 12.3. The number of rotatable bonds is 3. The van der Waals surface area contributed by atoms with Gasteiger partial charge in [0.15, 0.2) is 0 Å². The maximum atomic E-state index is 13.0. The van der Waals surface area contributed by atoms with E-state index in [2.05, 4.69) is 20.9 Å². The van der Waals surface area contributed by atoms with E-state index in [1.807, 2.05) is 6.07 Å². The van der Waals surface area contributed by atoms with E-state index in [4.69, 9.17) is 16.3 Å². The van der Waals surface area contributed by atoms with Crippen molar-refractivity contribution in [2.75, 3.05) is 0 Å². The fraction of sp³-hybridized carbons (Fsp3) is 0.0833. The number of halogens is 3. The van der Waals surface area contributed by atoms with E-state index in [-0.39, 0.29) is 5.82 Å². The predicted octanol–water partition coefficient (Wildman–Crippen LogP) is 4.22. The molecule has 0 unspecified atom stereocenters. The van der Waals surface area contributed by atoms with Gasteiger partial charge in [0.25, 0.3) is 0 Å². The molecule has 2 aromatic rings. The number of ether oxygens (including phenoxy) is 1. The highest BCUT2D eigenvalue weighted by atomic mass is 79.9. The average Bonchev–Trinajstić information content (AvgIpc) is 2.32. The van der Waals surface area contributed by atoms with E-state index in [0.717, 1.165) is 5.56 Å². The van der Waals surface area contributed by atoms with Gasteiger partial charge in [-0.2, -0.15) is 0 Å². The van der Waals surface area contributed by atoms with Crippen molar-refractivity contribution in [3.8, 4) is 5.75 Å². The van der Waals surface area contributed by atoms with Gasteiger partial charge in [-0.25, -0.2) is 9.37 Å². The lowest BCUT2D eigenvalue weighted by molar-refractivity contribution is 0.305. The highest BCUT2D eigenvalue weighted by molar-refractivity contribution is 9.10. The monoisotopic (exact) mass is 315 g/mol. The third-order valence-corrected chi connectivity index (χ3v) is 3.07. The molecule has 5 heteroatoms. The molecule has 0 saturated carbocycles. The standard InChI is InChI=1S/C12H8BrClFNO/c13-10-6-9(3-4-11(10)15)17-7-8-2-1-5-16-12(8)14/h1-6H,7H2. The van der Waals surface area contributed by atoms with E-state index in [1.54, 1.807) is 24.4 Å². The summed E-state index contributed by atoms with van der Waals surface area (Å²) >= 11 is 8.98. The van der Waals surface area contributed by atoms with Gasteiger partial charge in [0.05, 0.1) is 4.47 Å². The Bertz CT molecular complexity index is 536. The quantitative estimate of drug-likeness (QED) is 0.791. The molecule has 0 spiro atoms. The molecule has 0 N–H and O–H groups in total. The Kier molecular flexibility index (Phi) is 3.97. The zero-order valence-corrected chi connectivity index (χ0v) is 11.0. The van der Waals surface area contributed by atoms with Crippen molar-refractivity contribution in [2.24, 2.45) is 0 Å². The van der Waals surface area contributed by atoms with Crippen molar-refractivity contribution in [3.05, 3.63) is 57.5 Å². The van der Waals surface area contributed by atoms with Crippen LogP contribution in [0.5, 0.6) is 5.75 Å². The van der Waals surface area contributed by atoms with Crippen molar-refractivity contribution in [2.45, 2.75) is 6.61 Å². The Morgan fingerprint density at radius 2 is 2.18 bits per heavy atom. The van der Waals surface area contributed by atoms with Crippen molar-refractivity contribution in [1.82, 2.24) is 4.98 Å². The maximum Gasteiger partial charge on any atom is 0.137 e. The maximum absolute atomic E-state index is 13.0. The number of benzene rings is 1. The fourth-order valence-corrected chi connectivity index (χ4v) is 1.79. The van der Waals surface area contributed by atoms with Gasteiger partial charge in [0, 0.05) is 11.8 Å². The van der Waals surface area contributed by atoms with Gasteiger partial charge >= 0.3 is 0 Å². The Morgan fingerprint density at radius 1 is 1.35 bits per heavy atom. The summed E-state index contributed by atoms with van der Waals surface area (Å²) in [5.74, 6) is 0.245. The molecular formula is C12H8BrClFNO. The van der Waals surface area contributed by atoms with Crippen LogP contribution in [0.3, 0.4) is 0 Å². The van der Waals surface area contributed by atoms with Crippen molar-refractivity contribution >= 4 is 27.5 Å². The first-order chi connectivity index (χ1) is 8.16. The SMILES string of the molecule is Fc1ccc(OCc2cccnc2Cl)cc1Br. The van der Waals surface area contributed by atoms with E-state index in [9.17, 15) is 4.39 Å². The van der Waals surface area contributed by atoms with E-state index in [1.165, 1.54) is 6.07 Å². The molecular weight excluding hydrogens is 308 g/mol. The highest BCUT2D eigenvalue weighted by Gasteiger charge is 2.04. The molecule has 1 aromatic heterocycles. The number of nitrogens with zero attached hydrogens (tertiary/aromatic N) is 1. The van der Waals surface area contributed by atoms with Crippen LogP contribution < -0.4 is 4.74 Å². The summed E-state index contributed by atoms with van der Waals surface area (Å²) in [7, 11) is 0. The van der Waals surface area contributed by atoms with Gasteiger partial charge in [-0.15, -0.1) is 0 Å². The second-order valence-electron chi connectivity index (χ2n) is 3.32. The summed E-state index contributed by atoms with van der Waals surface area (Å²) in [6, 6.07) is 8.08. The largest absolute Gasteiger partial charge is 0.489 e. The smallest absolute Gasteiger partial charge is 0.137 e. The van der Waals surface area contributed by atoms with Gasteiger partial charge < -0.3 is 4.74 Å². The molecule has 0 radical (unpaired) electrons. The van der Waals surface area contributed by atoms with E-state index < -0.39 is 0 Å². The van der Waals surface area contributed by atoms with Crippen molar-refractivity contribution in [3.63, 3.8) is 0 Å². The lowest BCUT2D eigenvalue weighted by atomic mass is 10.3. The van der Waals surface area contributed by atoms with Gasteiger partial charge in [-0.3, -0.25) is 0 Å². The molecule has 0 fully saturated rings. The summed E-state index contributed by atoms with van der Waals surface area (Å²) in [5.41, 5.74) is 0.787. The summed E-state index contributed by atoms with van der Waals surface area (Å²) in [5, 5.41) is 0.411. The van der Waals surface area contributed by atoms with Crippen LogP contribution in [0.1, 0.15) is 5.56 Å². The van der Waals surface area contributed by atoms with Crippen LogP contribution in [0.15, 0.2) is 41.0 Å². The Balaban J connectivity index is 2.08. The zero-order valence-electron chi connectivity index (χ0n) is 8.66. The topological polar surface area (TPSA) is 22.1 Å². The Hall–Kier alpha value is -1.13. The lowest BCUT2D eigenvalue weighted by Crippen LogP contribution is -1.97. The van der Waals surface area contributed by atoms with Gasteiger partial charge in [0.1, 0.15) is 23.3 Å². The number of hydrogen-bond acceptors (Lipinski definition) is 2. The third kappa shape index (κ3) is 3.17. The lowest BCUT2D eigenvalue weighted by Gasteiger charge is -2.07. The van der Waals surface area contributed by atoms with Crippen LogP contribution >= 0.6 is 27.5 Å². The summed E-state index contributed by atoms with van der Waals surface area (Å²) in [4.78, 5) is 3.94. The molecule has 0 saturated heterocycles. The molecule has 0 aliphatic carbocycles. The molecule has 17 heavy (non-hydrogen) atoms. The number of aromatic nitrogens is 1. The van der Waals surface area contributed by atoms with Crippen LogP contribution in [-0.2, 0) is 6.61 Å². The predicted molar refractivity (Wildman–Crippen MR) is 67.7 cm³/mol. The van der Waals surface area contributed by atoms with Crippen LogP contribution in [0.2, 0.25) is 5.15 Å². The molecule has 1 heterocycles. The van der Waals surface area contributed by atoms with Crippen LogP contribution in [0, 0.1) is 5.82 Å². The van der Waals surface area contributed by atoms with Crippen molar-refractivity contribution < 1.29 is 9.13 Å². The fourth-order valence-electron chi connectivity index (χ4n) is 1.25. The van der Waals surface area contributed by atoms with Crippen LogP contribution in [0.25, 0.3) is 0 Å². The zero-order chi connectivity index (χ0) is 12.3. The first-order valence-electron chi connectivity index (χ1n) is 4.84. The molecule has 0 atom stereocenters. The van der Waals surface area contributed by atoms with E-state index in [0.29, 0.717) is 22.0 Å². The minimum Gasteiger partial charge on any atom is -0.489 e. The highest BCUT2D eigenvalue weighted by Crippen LogP contribution is 2.23. The molecule has 0 bridgehead atoms. The Morgan fingerprint density at radius 3 is 2.88 bits per heavy atom. The third-order valence-electron chi connectivity index (χ3n) is 2.12. The molecule has 0 amide bonds. The second kappa shape index (κ2) is 5.47. The molecule has 0 aliphatic rings. The van der Waals surface area contributed by atoms with Crippen LogP contribution in [0.4, 0.5) is 4.39 Å². The summed E-state index contributed by atoms with van der Waals surface area (Å²) in [6.07, 6.45) is 1.61. The minimum atomic E-state index is -0.322. The molecule has 1 aromatic carbocycles. The van der Waals surface area contributed by atoms with E-state index >= 15 is 0 Å². The molecule has 2 rings (SSSR count). The average molecular weight is 317 g/mol. The molecule has 88 valence electrons. The normalized spacial score (nSPS) is 10.3. The van der Waals surface area contributed by atoms with Crippen molar-refractivity contribution in [1.29, 1.82) is 0 Å². The number of pyridine rings is 1. The number of hydrogen-bond donors (Lipinski definition) is 0. The summed E-state index contributed by atoms with van der Waals surface area (Å²) in [6.45, 7) is 0.296. The van der Waals surface area contributed by atoms with Crippen LogP contribution in [-0.4, -0.2) is 4.98 Å². The second-order valence-corrected chi connectivity index (χ2v) is 4.53. The first-order valence-corrected chi connectivity index (χ1v) is 6.01. The summed E-state index contributed by atoms with van der Waals surface area (Å²) < 4.78 is 18.8. The molecule has 2 nitrogen and oxygen atoms in total. The van der Waals surface area contributed by atoms with Gasteiger partial charge in [-0.05, 0) is 40.2 Å². The Labute approximate surface area is 112 Å².